The van der Waals surface area contributed by atoms with Crippen molar-refractivity contribution >= 4 is 34.7 Å². The Labute approximate surface area is 127 Å². The van der Waals surface area contributed by atoms with Gasteiger partial charge < -0.3 is 10.6 Å². The molecule has 2 aliphatic rings. The van der Waals surface area contributed by atoms with E-state index in [-0.39, 0.29) is 24.2 Å². The summed E-state index contributed by atoms with van der Waals surface area (Å²) in [7, 11) is 2.07. The first-order valence-electron chi connectivity index (χ1n) is 6.89. The van der Waals surface area contributed by atoms with Crippen molar-refractivity contribution in [1.29, 1.82) is 0 Å². The molecule has 1 aromatic carbocycles. The maximum Gasteiger partial charge on any atom is 0.293 e. The Morgan fingerprint density at radius 1 is 1.38 bits per heavy atom. The molecule has 5 nitrogen and oxygen atoms in total. The molecule has 0 spiro atoms. The number of thioether (sulfide) groups is 1. The molecule has 1 aromatic rings. The van der Waals surface area contributed by atoms with Gasteiger partial charge in [-0.3, -0.25) is 14.5 Å². The number of nitrogens with zero attached hydrogens (tertiary/aromatic N) is 2. The molecule has 0 aliphatic carbocycles. The zero-order valence-electron chi connectivity index (χ0n) is 11.8. The molecule has 2 N–H and O–H groups in total. The van der Waals surface area contributed by atoms with Crippen LogP contribution in [0.25, 0.3) is 6.08 Å². The number of fused-ring (bicyclic) bond motifs is 1. The average molecular weight is 303 g/mol. The van der Waals surface area contributed by atoms with Crippen LogP contribution in [0.3, 0.4) is 0 Å². The summed E-state index contributed by atoms with van der Waals surface area (Å²) in [6, 6.07) is 6.14. The van der Waals surface area contributed by atoms with E-state index in [1.807, 2.05) is 6.07 Å². The van der Waals surface area contributed by atoms with Crippen LogP contribution in [0.5, 0.6) is 0 Å². The normalized spacial score (nSPS) is 19.8. The highest BCUT2D eigenvalue weighted by Gasteiger charge is 2.34. The largest absolute Gasteiger partial charge is 0.374 e. The number of rotatable bonds is 3. The van der Waals surface area contributed by atoms with Gasteiger partial charge in [0.15, 0.2) is 0 Å². The van der Waals surface area contributed by atoms with Crippen LogP contribution in [0.1, 0.15) is 11.1 Å². The lowest BCUT2D eigenvalue weighted by Crippen LogP contribution is -2.33. The first-order chi connectivity index (χ1) is 10.1. The van der Waals surface area contributed by atoms with Crippen LogP contribution in [0.15, 0.2) is 23.1 Å². The lowest BCUT2D eigenvalue weighted by atomic mass is 10.1. The second-order valence-electron chi connectivity index (χ2n) is 5.18. The smallest absolute Gasteiger partial charge is 0.293 e. The monoisotopic (exact) mass is 303 g/mol. The SMILES string of the molecule is CN1CCc2cc(C=C3SC(=O)N(CCN)C3=O)ccc21. The molecular formula is C15H17N3O2S. The molecule has 1 fully saturated rings. The van der Waals surface area contributed by atoms with Crippen LogP contribution in [-0.4, -0.2) is 42.7 Å². The van der Waals surface area contributed by atoms with Crippen LogP contribution in [0, 0.1) is 0 Å². The predicted molar refractivity (Wildman–Crippen MR) is 85.1 cm³/mol. The van der Waals surface area contributed by atoms with Gasteiger partial charge in [0.2, 0.25) is 0 Å². The molecule has 110 valence electrons. The maximum absolute atomic E-state index is 12.1. The van der Waals surface area contributed by atoms with Gasteiger partial charge in [-0.05, 0) is 47.5 Å². The third-order valence-corrected chi connectivity index (χ3v) is 4.66. The number of amides is 2. The molecule has 6 heteroatoms. The Morgan fingerprint density at radius 2 is 2.19 bits per heavy atom. The third-order valence-electron chi connectivity index (χ3n) is 3.76. The van der Waals surface area contributed by atoms with Gasteiger partial charge in [0.25, 0.3) is 11.1 Å². The number of benzene rings is 1. The third kappa shape index (κ3) is 2.56. The van der Waals surface area contributed by atoms with Crippen LogP contribution >= 0.6 is 11.8 Å². The Balaban J connectivity index is 1.86. The second-order valence-corrected chi connectivity index (χ2v) is 6.17. The van der Waals surface area contributed by atoms with Crippen LogP contribution in [-0.2, 0) is 11.2 Å². The number of hydrogen-bond acceptors (Lipinski definition) is 5. The molecule has 21 heavy (non-hydrogen) atoms. The van der Waals surface area contributed by atoms with Crippen LogP contribution in [0.2, 0.25) is 0 Å². The topological polar surface area (TPSA) is 66.6 Å². The summed E-state index contributed by atoms with van der Waals surface area (Å²) in [4.78, 5) is 27.8. The molecule has 0 radical (unpaired) electrons. The predicted octanol–water partition coefficient (Wildman–Crippen LogP) is 1.67. The quantitative estimate of drug-likeness (QED) is 0.861. The van der Waals surface area contributed by atoms with Crippen molar-refractivity contribution in [3.05, 3.63) is 34.2 Å². The number of imide groups is 1. The highest BCUT2D eigenvalue weighted by molar-refractivity contribution is 8.18. The molecule has 0 bridgehead atoms. The van der Waals surface area contributed by atoms with Gasteiger partial charge in [0, 0.05) is 32.4 Å². The molecule has 0 atom stereocenters. The van der Waals surface area contributed by atoms with Gasteiger partial charge in [0.1, 0.15) is 0 Å². The summed E-state index contributed by atoms with van der Waals surface area (Å²) in [5.74, 6) is -0.243. The van der Waals surface area contributed by atoms with Crippen molar-refractivity contribution in [2.45, 2.75) is 6.42 Å². The fourth-order valence-corrected chi connectivity index (χ4v) is 3.51. The van der Waals surface area contributed by atoms with Crippen molar-refractivity contribution in [3.8, 4) is 0 Å². The van der Waals surface area contributed by atoms with E-state index in [1.54, 1.807) is 6.08 Å². The number of anilines is 1. The van der Waals surface area contributed by atoms with E-state index in [1.165, 1.54) is 16.2 Å². The summed E-state index contributed by atoms with van der Waals surface area (Å²) < 4.78 is 0. The van der Waals surface area contributed by atoms with E-state index in [4.69, 9.17) is 5.73 Å². The summed E-state index contributed by atoms with van der Waals surface area (Å²) in [5.41, 5.74) is 8.91. The van der Waals surface area contributed by atoms with E-state index in [0.29, 0.717) is 4.91 Å². The molecule has 2 heterocycles. The van der Waals surface area contributed by atoms with E-state index < -0.39 is 0 Å². The van der Waals surface area contributed by atoms with Crippen molar-refractivity contribution in [3.63, 3.8) is 0 Å². The molecule has 0 aromatic heterocycles. The Morgan fingerprint density at radius 3 is 2.95 bits per heavy atom. The first-order valence-corrected chi connectivity index (χ1v) is 7.71. The minimum Gasteiger partial charge on any atom is -0.374 e. The van der Waals surface area contributed by atoms with Gasteiger partial charge in [0.05, 0.1) is 4.91 Å². The fourth-order valence-electron chi connectivity index (χ4n) is 2.65. The van der Waals surface area contributed by atoms with E-state index in [2.05, 4.69) is 24.1 Å². The number of nitrogens with two attached hydrogens (primary N) is 1. The zero-order chi connectivity index (χ0) is 15.0. The van der Waals surface area contributed by atoms with Gasteiger partial charge in [-0.1, -0.05) is 6.07 Å². The number of hydrogen-bond donors (Lipinski definition) is 1. The van der Waals surface area contributed by atoms with Crippen molar-refractivity contribution in [2.75, 3.05) is 31.6 Å². The molecule has 0 saturated carbocycles. The van der Waals surface area contributed by atoms with Gasteiger partial charge in [-0.2, -0.15) is 0 Å². The van der Waals surface area contributed by atoms with Gasteiger partial charge >= 0.3 is 0 Å². The highest BCUT2D eigenvalue weighted by atomic mass is 32.2. The lowest BCUT2D eigenvalue weighted by Gasteiger charge is -2.11. The van der Waals surface area contributed by atoms with Gasteiger partial charge in [-0.25, -0.2) is 0 Å². The fraction of sp³-hybridized carbons (Fsp3) is 0.333. The number of carbonyl (C=O) groups excluding carboxylic acids is 2. The van der Waals surface area contributed by atoms with Crippen molar-refractivity contribution in [2.24, 2.45) is 5.73 Å². The minimum atomic E-state index is -0.243. The summed E-state index contributed by atoms with van der Waals surface area (Å²) in [6.07, 6.45) is 2.81. The summed E-state index contributed by atoms with van der Waals surface area (Å²) >= 11 is 0.983. The molecule has 3 rings (SSSR count). The van der Waals surface area contributed by atoms with Crippen LogP contribution < -0.4 is 10.6 Å². The maximum atomic E-state index is 12.1. The van der Waals surface area contributed by atoms with Crippen molar-refractivity contribution in [1.82, 2.24) is 4.90 Å². The summed E-state index contributed by atoms with van der Waals surface area (Å²) in [5, 5.41) is -0.238. The molecule has 1 saturated heterocycles. The highest BCUT2D eigenvalue weighted by Crippen LogP contribution is 2.33. The zero-order valence-corrected chi connectivity index (χ0v) is 12.7. The van der Waals surface area contributed by atoms with Crippen molar-refractivity contribution < 1.29 is 9.59 Å². The molecule has 2 aliphatic heterocycles. The minimum absolute atomic E-state index is 0.238. The molecule has 0 unspecified atom stereocenters. The van der Waals surface area contributed by atoms with E-state index in [0.717, 1.165) is 30.3 Å². The Kier molecular flexibility index (Phi) is 3.73. The standard InChI is InChI=1S/C15H17N3O2S/c1-17-6-4-11-8-10(2-3-12(11)17)9-13-14(19)18(7-5-16)15(20)21-13/h2-3,8-9H,4-7,16H2,1H3. The van der Waals surface area contributed by atoms with E-state index in [9.17, 15) is 9.59 Å². The molecular weight excluding hydrogens is 286 g/mol. The number of carbonyl (C=O) groups is 2. The molecule has 2 amide bonds. The average Bonchev–Trinajstić information content (AvgIpc) is 2.95. The van der Waals surface area contributed by atoms with Gasteiger partial charge in [-0.15, -0.1) is 0 Å². The summed E-state index contributed by atoms with van der Waals surface area (Å²) in [6.45, 7) is 1.58. The first kappa shape index (κ1) is 14.2. The number of likely N-dealkylation sites (N-methyl/N-ethyl adjacent to an activating group) is 1. The Bertz CT molecular complexity index is 642. The Hall–Kier alpha value is -1.79. The lowest BCUT2D eigenvalue weighted by molar-refractivity contribution is -0.122. The van der Waals surface area contributed by atoms with E-state index >= 15 is 0 Å². The van der Waals surface area contributed by atoms with Crippen LogP contribution in [0.4, 0.5) is 10.5 Å². The second kappa shape index (κ2) is 5.54.